The summed E-state index contributed by atoms with van der Waals surface area (Å²) >= 11 is 0. The molecule has 88 valence electrons. The van der Waals surface area contributed by atoms with Crippen molar-refractivity contribution in [2.45, 2.75) is 46.1 Å². The van der Waals surface area contributed by atoms with E-state index in [9.17, 15) is 0 Å². The Kier molecular flexibility index (Phi) is 3.49. The molecule has 0 saturated carbocycles. The Morgan fingerprint density at radius 1 is 1.44 bits per heavy atom. The molecule has 1 aliphatic rings. The van der Waals surface area contributed by atoms with E-state index in [0.29, 0.717) is 6.04 Å². The average Bonchev–Trinajstić information content (AvgIpc) is 2.85. The summed E-state index contributed by atoms with van der Waals surface area (Å²) in [5.74, 6) is 2.06. The van der Waals surface area contributed by atoms with Gasteiger partial charge < -0.3 is 9.73 Å². The van der Waals surface area contributed by atoms with Gasteiger partial charge in [0.1, 0.15) is 11.5 Å². The summed E-state index contributed by atoms with van der Waals surface area (Å²) in [5.41, 5.74) is 2.85. The predicted octanol–water partition coefficient (Wildman–Crippen LogP) is 3.66. The summed E-state index contributed by atoms with van der Waals surface area (Å²) in [6.45, 7) is 7.22. The van der Waals surface area contributed by atoms with Crippen molar-refractivity contribution in [3.05, 3.63) is 34.8 Å². The molecular weight excluding hydrogens is 198 g/mol. The lowest BCUT2D eigenvalue weighted by molar-refractivity contribution is 0.493. The van der Waals surface area contributed by atoms with Gasteiger partial charge in [-0.25, -0.2) is 0 Å². The van der Waals surface area contributed by atoms with E-state index >= 15 is 0 Å². The summed E-state index contributed by atoms with van der Waals surface area (Å²) in [6, 6.07) is 2.53. The van der Waals surface area contributed by atoms with Crippen molar-refractivity contribution in [2.24, 2.45) is 0 Å². The number of aryl methyl sites for hydroxylation is 2. The number of likely N-dealkylation sites (N-methyl/N-ethyl adjacent to an activating group) is 1. The van der Waals surface area contributed by atoms with Crippen LogP contribution in [0.2, 0.25) is 0 Å². The van der Waals surface area contributed by atoms with E-state index in [-0.39, 0.29) is 0 Å². The summed E-state index contributed by atoms with van der Waals surface area (Å²) < 4.78 is 5.63. The Morgan fingerprint density at radius 3 is 2.75 bits per heavy atom. The van der Waals surface area contributed by atoms with Gasteiger partial charge in [0.2, 0.25) is 0 Å². The monoisotopic (exact) mass is 219 g/mol. The summed E-state index contributed by atoms with van der Waals surface area (Å²) in [7, 11) is 0. The molecule has 2 heteroatoms. The average molecular weight is 219 g/mol. The van der Waals surface area contributed by atoms with Gasteiger partial charge in [-0.3, -0.25) is 0 Å². The first-order valence-electron chi connectivity index (χ1n) is 6.21. The maximum atomic E-state index is 5.63. The third kappa shape index (κ3) is 2.22. The van der Waals surface area contributed by atoms with Gasteiger partial charge in [0.05, 0.1) is 6.04 Å². The smallest absolute Gasteiger partial charge is 0.106 e. The summed E-state index contributed by atoms with van der Waals surface area (Å²) in [6.07, 6.45) is 6.14. The van der Waals surface area contributed by atoms with Crippen LogP contribution < -0.4 is 5.32 Å². The van der Waals surface area contributed by atoms with E-state index in [2.05, 4.69) is 31.3 Å². The second kappa shape index (κ2) is 4.88. The molecule has 1 aromatic rings. The zero-order valence-electron chi connectivity index (χ0n) is 10.5. The molecule has 1 N–H and O–H groups in total. The highest BCUT2D eigenvalue weighted by Gasteiger charge is 2.21. The van der Waals surface area contributed by atoms with Crippen LogP contribution in [0.1, 0.15) is 49.3 Å². The lowest BCUT2D eigenvalue weighted by atomic mass is 9.98. The van der Waals surface area contributed by atoms with Crippen molar-refractivity contribution in [3.8, 4) is 0 Å². The zero-order valence-corrected chi connectivity index (χ0v) is 10.5. The molecule has 0 bridgehead atoms. The first-order valence-corrected chi connectivity index (χ1v) is 6.21. The van der Waals surface area contributed by atoms with E-state index in [1.165, 1.54) is 30.4 Å². The Hall–Kier alpha value is -1.02. The van der Waals surface area contributed by atoms with Gasteiger partial charge in [-0.1, -0.05) is 18.6 Å². The SMILES string of the molecule is CCNC(C1=CCCC1)c1cc(C)oc1C. The van der Waals surface area contributed by atoms with Crippen LogP contribution in [0.3, 0.4) is 0 Å². The van der Waals surface area contributed by atoms with Crippen LogP contribution in [-0.2, 0) is 0 Å². The van der Waals surface area contributed by atoms with Gasteiger partial charge in [-0.05, 0) is 45.7 Å². The summed E-state index contributed by atoms with van der Waals surface area (Å²) in [5, 5.41) is 3.57. The number of hydrogen-bond donors (Lipinski definition) is 1. The normalized spacial score (nSPS) is 17.6. The minimum absolute atomic E-state index is 0.366. The minimum Gasteiger partial charge on any atom is -0.466 e. The predicted molar refractivity (Wildman–Crippen MR) is 66.5 cm³/mol. The standard InChI is InChI=1S/C14H21NO/c1-4-15-14(12-7-5-6-8-12)13-9-10(2)16-11(13)3/h7,9,14-15H,4-6,8H2,1-3H3. The second-order valence-corrected chi connectivity index (χ2v) is 4.53. The first-order chi connectivity index (χ1) is 7.72. The lowest BCUT2D eigenvalue weighted by Gasteiger charge is -2.18. The van der Waals surface area contributed by atoms with Gasteiger partial charge in [0.25, 0.3) is 0 Å². The van der Waals surface area contributed by atoms with Gasteiger partial charge in [-0.15, -0.1) is 0 Å². The molecule has 0 amide bonds. The topological polar surface area (TPSA) is 25.2 Å². The van der Waals surface area contributed by atoms with Crippen molar-refractivity contribution < 1.29 is 4.42 Å². The number of allylic oxidation sites excluding steroid dienone is 1. The van der Waals surface area contributed by atoms with E-state index in [1.807, 2.05) is 6.92 Å². The van der Waals surface area contributed by atoms with Crippen LogP contribution in [0.15, 0.2) is 22.1 Å². The molecule has 1 aliphatic carbocycles. The molecule has 1 aromatic heterocycles. The molecule has 0 aromatic carbocycles. The molecule has 0 radical (unpaired) electrons. The lowest BCUT2D eigenvalue weighted by Crippen LogP contribution is -2.22. The highest BCUT2D eigenvalue weighted by atomic mass is 16.3. The third-order valence-electron chi connectivity index (χ3n) is 3.25. The fraction of sp³-hybridized carbons (Fsp3) is 0.571. The third-order valence-corrected chi connectivity index (χ3v) is 3.25. The molecule has 0 saturated heterocycles. The van der Waals surface area contributed by atoms with Gasteiger partial charge in [0, 0.05) is 5.56 Å². The quantitative estimate of drug-likeness (QED) is 0.782. The largest absolute Gasteiger partial charge is 0.466 e. The molecule has 0 fully saturated rings. The van der Waals surface area contributed by atoms with Crippen LogP contribution >= 0.6 is 0 Å². The molecule has 0 aliphatic heterocycles. The van der Waals surface area contributed by atoms with Crippen molar-refractivity contribution >= 4 is 0 Å². The maximum absolute atomic E-state index is 5.63. The van der Waals surface area contributed by atoms with Crippen LogP contribution in [-0.4, -0.2) is 6.54 Å². The highest BCUT2D eigenvalue weighted by Crippen LogP contribution is 2.33. The van der Waals surface area contributed by atoms with Crippen molar-refractivity contribution in [1.29, 1.82) is 0 Å². The molecule has 0 spiro atoms. The van der Waals surface area contributed by atoms with E-state index < -0.39 is 0 Å². The number of furan rings is 1. The van der Waals surface area contributed by atoms with Crippen LogP contribution in [0.5, 0.6) is 0 Å². The van der Waals surface area contributed by atoms with E-state index in [4.69, 9.17) is 4.42 Å². The Bertz CT molecular complexity index is 389. The van der Waals surface area contributed by atoms with Crippen molar-refractivity contribution in [1.82, 2.24) is 5.32 Å². The minimum atomic E-state index is 0.366. The van der Waals surface area contributed by atoms with Gasteiger partial charge in [0.15, 0.2) is 0 Å². The Morgan fingerprint density at radius 2 is 2.25 bits per heavy atom. The van der Waals surface area contributed by atoms with E-state index in [1.54, 1.807) is 0 Å². The Balaban J connectivity index is 2.28. The van der Waals surface area contributed by atoms with Crippen LogP contribution in [0.4, 0.5) is 0 Å². The fourth-order valence-corrected chi connectivity index (χ4v) is 2.54. The van der Waals surface area contributed by atoms with Gasteiger partial charge >= 0.3 is 0 Å². The highest BCUT2D eigenvalue weighted by molar-refractivity contribution is 5.33. The molecule has 1 unspecified atom stereocenters. The van der Waals surface area contributed by atoms with Crippen LogP contribution in [0.25, 0.3) is 0 Å². The number of rotatable bonds is 4. The fourth-order valence-electron chi connectivity index (χ4n) is 2.54. The molecule has 2 rings (SSSR count). The summed E-state index contributed by atoms with van der Waals surface area (Å²) in [4.78, 5) is 0. The zero-order chi connectivity index (χ0) is 11.5. The molecule has 1 atom stereocenters. The van der Waals surface area contributed by atoms with Gasteiger partial charge in [-0.2, -0.15) is 0 Å². The van der Waals surface area contributed by atoms with Crippen LogP contribution in [0, 0.1) is 13.8 Å². The molecule has 16 heavy (non-hydrogen) atoms. The molecule has 2 nitrogen and oxygen atoms in total. The van der Waals surface area contributed by atoms with Crippen molar-refractivity contribution in [3.63, 3.8) is 0 Å². The first kappa shape index (κ1) is 11.5. The number of hydrogen-bond acceptors (Lipinski definition) is 2. The van der Waals surface area contributed by atoms with Crippen molar-refractivity contribution in [2.75, 3.05) is 6.54 Å². The molecule has 1 heterocycles. The van der Waals surface area contributed by atoms with E-state index in [0.717, 1.165) is 18.1 Å². The Labute approximate surface area is 97.7 Å². The maximum Gasteiger partial charge on any atom is 0.106 e. The number of nitrogens with one attached hydrogen (secondary N) is 1. The second-order valence-electron chi connectivity index (χ2n) is 4.53. The molecular formula is C14H21NO.